The second kappa shape index (κ2) is 5.36. The lowest BCUT2D eigenvalue weighted by Crippen LogP contribution is -2.48. The summed E-state index contributed by atoms with van der Waals surface area (Å²) in [6.07, 6.45) is 3.29. The molecule has 0 radical (unpaired) electrons. The molecule has 9 heteroatoms. The predicted molar refractivity (Wildman–Crippen MR) is 79.1 cm³/mol. The van der Waals surface area contributed by atoms with E-state index in [-0.39, 0.29) is 16.0 Å². The topological polar surface area (TPSA) is 79.8 Å². The van der Waals surface area contributed by atoms with Gasteiger partial charge in [0.2, 0.25) is 10.0 Å². The van der Waals surface area contributed by atoms with Crippen LogP contribution in [0.5, 0.6) is 0 Å². The fraction of sp³-hybridized carbons (Fsp3) is 0.538. The summed E-state index contributed by atoms with van der Waals surface area (Å²) < 4.78 is 32.0. The lowest BCUT2D eigenvalue weighted by Gasteiger charge is -2.36. The maximum absolute atomic E-state index is 12.6. The number of likely N-dealkylation sites (N-methyl/N-ethyl adjacent to an activating group) is 1. The lowest BCUT2D eigenvalue weighted by molar-refractivity contribution is 0.0172. The number of ether oxygens (including phenoxy) is 1. The maximum Gasteiger partial charge on any atom is 0.410 e. The van der Waals surface area contributed by atoms with Gasteiger partial charge in [0.15, 0.2) is 0 Å². The van der Waals surface area contributed by atoms with Crippen LogP contribution in [-0.4, -0.2) is 61.0 Å². The Bertz CT molecular complexity index is 701. The number of rotatable bonds is 2. The molecule has 7 nitrogen and oxygen atoms in total. The number of piperidine rings is 1. The van der Waals surface area contributed by atoms with E-state index in [9.17, 15) is 13.2 Å². The number of pyridine rings is 1. The van der Waals surface area contributed by atoms with Gasteiger partial charge < -0.3 is 9.64 Å². The Morgan fingerprint density at radius 2 is 2.00 bits per heavy atom. The van der Waals surface area contributed by atoms with Gasteiger partial charge in [-0.05, 0) is 6.07 Å². The molecule has 0 aliphatic carbocycles. The first kappa shape index (κ1) is 15.5. The highest BCUT2D eigenvalue weighted by molar-refractivity contribution is 7.89. The van der Waals surface area contributed by atoms with Crippen molar-refractivity contribution in [3.63, 3.8) is 0 Å². The highest BCUT2D eigenvalue weighted by Gasteiger charge is 2.47. The fourth-order valence-corrected chi connectivity index (χ4v) is 4.54. The molecular formula is C13H16ClN3O4S. The summed E-state index contributed by atoms with van der Waals surface area (Å²) in [7, 11) is -1.95. The molecule has 0 bridgehead atoms. The molecular weight excluding hydrogens is 330 g/mol. The molecule has 120 valence electrons. The summed E-state index contributed by atoms with van der Waals surface area (Å²) in [6, 6.07) is 1.39. The SMILES string of the molecule is CN1CC2(CCN(S(=O)(=O)c3cncc(Cl)c3)CC2)OC1=O. The van der Waals surface area contributed by atoms with Crippen LogP contribution < -0.4 is 0 Å². The molecule has 0 unspecified atom stereocenters. The van der Waals surface area contributed by atoms with Crippen molar-refractivity contribution in [3.8, 4) is 0 Å². The van der Waals surface area contributed by atoms with Gasteiger partial charge in [-0.3, -0.25) is 4.98 Å². The van der Waals surface area contributed by atoms with Crippen molar-refractivity contribution in [2.24, 2.45) is 0 Å². The second-order valence-electron chi connectivity index (χ2n) is 5.65. The minimum Gasteiger partial charge on any atom is -0.441 e. The van der Waals surface area contributed by atoms with Crippen LogP contribution in [0, 0.1) is 0 Å². The van der Waals surface area contributed by atoms with Crippen molar-refractivity contribution >= 4 is 27.7 Å². The number of halogens is 1. The van der Waals surface area contributed by atoms with Gasteiger partial charge in [-0.25, -0.2) is 13.2 Å². The molecule has 0 aromatic carbocycles. The Balaban J connectivity index is 1.75. The predicted octanol–water partition coefficient (Wildman–Crippen LogP) is 1.34. The molecule has 3 rings (SSSR count). The molecule has 1 spiro atoms. The summed E-state index contributed by atoms with van der Waals surface area (Å²) in [5, 5.41) is 0.279. The Kier molecular flexibility index (Phi) is 3.78. The maximum atomic E-state index is 12.6. The van der Waals surface area contributed by atoms with Gasteiger partial charge in [-0.15, -0.1) is 0 Å². The number of carbonyl (C=O) groups excluding carboxylic acids is 1. The number of hydrogen-bond donors (Lipinski definition) is 0. The van der Waals surface area contributed by atoms with E-state index in [2.05, 4.69) is 4.98 Å². The first-order chi connectivity index (χ1) is 10.3. The Morgan fingerprint density at radius 3 is 2.55 bits per heavy atom. The number of hydrogen-bond acceptors (Lipinski definition) is 5. The monoisotopic (exact) mass is 345 g/mol. The van der Waals surface area contributed by atoms with Gasteiger partial charge in [0.25, 0.3) is 0 Å². The van der Waals surface area contributed by atoms with Gasteiger partial charge in [-0.2, -0.15) is 4.31 Å². The third-order valence-corrected chi connectivity index (χ3v) is 6.16. The number of nitrogens with zero attached hydrogens (tertiary/aromatic N) is 3. The van der Waals surface area contributed by atoms with E-state index in [1.54, 1.807) is 7.05 Å². The zero-order valence-electron chi connectivity index (χ0n) is 12.0. The minimum absolute atomic E-state index is 0.0801. The molecule has 0 N–H and O–H groups in total. The number of sulfonamides is 1. The van der Waals surface area contributed by atoms with Crippen molar-refractivity contribution in [2.45, 2.75) is 23.3 Å². The van der Waals surface area contributed by atoms with Crippen LogP contribution in [0.25, 0.3) is 0 Å². The smallest absolute Gasteiger partial charge is 0.410 e. The van der Waals surface area contributed by atoms with Gasteiger partial charge in [0, 0.05) is 45.4 Å². The molecule has 1 aromatic heterocycles. The van der Waals surface area contributed by atoms with Crippen LogP contribution in [0.4, 0.5) is 4.79 Å². The number of aromatic nitrogens is 1. The molecule has 3 heterocycles. The number of carbonyl (C=O) groups is 1. The molecule has 1 amide bonds. The van der Waals surface area contributed by atoms with Gasteiger partial charge in [0.05, 0.1) is 11.6 Å². The van der Waals surface area contributed by atoms with Crippen LogP contribution in [0.1, 0.15) is 12.8 Å². The second-order valence-corrected chi connectivity index (χ2v) is 8.02. The number of amides is 1. The molecule has 2 fully saturated rings. The molecule has 2 saturated heterocycles. The van der Waals surface area contributed by atoms with Crippen molar-refractivity contribution in [1.82, 2.24) is 14.2 Å². The van der Waals surface area contributed by atoms with E-state index < -0.39 is 15.6 Å². The Hall–Kier alpha value is -1.38. The van der Waals surface area contributed by atoms with Gasteiger partial charge in [0.1, 0.15) is 10.5 Å². The first-order valence-corrected chi connectivity index (χ1v) is 8.69. The van der Waals surface area contributed by atoms with Gasteiger partial charge >= 0.3 is 6.09 Å². The third kappa shape index (κ3) is 2.66. The van der Waals surface area contributed by atoms with E-state index in [0.717, 1.165) is 0 Å². The molecule has 1 aromatic rings. The van der Waals surface area contributed by atoms with E-state index >= 15 is 0 Å². The normalized spacial score (nSPS) is 22.1. The highest BCUT2D eigenvalue weighted by Crippen LogP contribution is 2.34. The third-order valence-electron chi connectivity index (χ3n) is 4.09. The van der Waals surface area contributed by atoms with E-state index in [4.69, 9.17) is 16.3 Å². The summed E-state index contributed by atoms with van der Waals surface area (Å²) >= 11 is 5.81. The van der Waals surface area contributed by atoms with Crippen LogP contribution in [-0.2, 0) is 14.8 Å². The van der Waals surface area contributed by atoms with Crippen LogP contribution in [0.2, 0.25) is 5.02 Å². The molecule has 2 aliphatic heterocycles. The van der Waals surface area contributed by atoms with Gasteiger partial charge in [-0.1, -0.05) is 11.6 Å². The van der Waals surface area contributed by atoms with E-state index in [1.807, 2.05) is 0 Å². The molecule has 0 atom stereocenters. The van der Waals surface area contributed by atoms with Crippen molar-refractivity contribution in [3.05, 3.63) is 23.5 Å². The average Bonchev–Trinajstić information content (AvgIpc) is 2.74. The summed E-state index contributed by atoms with van der Waals surface area (Å²) in [4.78, 5) is 17.0. The highest BCUT2D eigenvalue weighted by atomic mass is 35.5. The standard InChI is InChI=1S/C13H16ClN3O4S/c1-16-9-13(21-12(16)18)2-4-17(5-3-13)22(19,20)11-6-10(14)7-15-8-11/h6-8H,2-5,9H2,1H3. The van der Waals surface area contributed by atoms with E-state index in [1.165, 1.54) is 27.7 Å². The Morgan fingerprint density at radius 1 is 1.32 bits per heavy atom. The minimum atomic E-state index is -3.63. The van der Waals surface area contributed by atoms with Crippen molar-refractivity contribution in [1.29, 1.82) is 0 Å². The lowest BCUT2D eigenvalue weighted by atomic mass is 9.92. The van der Waals surface area contributed by atoms with Crippen molar-refractivity contribution < 1.29 is 17.9 Å². The summed E-state index contributed by atoms with van der Waals surface area (Å²) in [5.41, 5.74) is -0.565. The van der Waals surface area contributed by atoms with Crippen LogP contribution in [0.3, 0.4) is 0 Å². The molecule has 0 saturated carbocycles. The zero-order chi connectivity index (χ0) is 16.0. The van der Waals surface area contributed by atoms with Crippen LogP contribution >= 0.6 is 11.6 Å². The van der Waals surface area contributed by atoms with Crippen molar-refractivity contribution in [2.75, 3.05) is 26.7 Å². The summed E-state index contributed by atoms with van der Waals surface area (Å²) in [6.45, 7) is 1.10. The van der Waals surface area contributed by atoms with E-state index in [0.29, 0.717) is 32.5 Å². The molecule has 2 aliphatic rings. The molecule has 22 heavy (non-hydrogen) atoms. The first-order valence-electron chi connectivity index (χ1n) is 6.87. The summed E-state index contributed by atoms with van der Waals surface area (Å²) in [5.74, 6) is 0. The Labute approximate surface area is 133 Å². The zero-order valence-corrected chi connectivity index (χ0v) is 13.6. The fourth-order valence-electron chi connectivity index (χ4n) is 2.87. The quantitative estimate of drug-likeness (QED) is 0.808. The largest absolute Gasteiger partial charge is 0.441 e. The average molecular weight is 346 g/mol. The van der Waals surface area contributed by atoms with Crippen LogP contribution in [0.15, 0.2) is 23.4 Å².